The highest BCUT2D eigenvalue weighted by Gasteiger charge is 2.09. The Morgan fingerprint density at radius 3 is 2.75 bits per heavy atom. The molecule has 0 unspecified atom stereocenters. The first-order valence-electron chi connectivity index (χ1n) is 7.39. The molecule has 2 amide bonds. The number of unbranched alkanes of at least 4 members (excludes halogenated alkanes) is 2. The number of fused-ring (bicyclic) bond motifs is 1. The van der Waals surface area contributed by atoms with Gasteiger partial charge in [0, 0.05) is 24.7 Å². The fraction of sp³-hybridized carbons (Fsp3) is 0.438. The van der Waals surface area contributed by atoms with Gasteiger partial charge in [-0.2, -0.15) is 0 Å². The molecule has 0 saturated heterocycles. The molecule has 0 radical (unpaired) electrons. The lowest BCUT2D eigenvalue weighted by Crippen LogP contribution is -2.29. The molecule has 2 N–H and O–H groups in total. The second-order valence-corrected chi connectivity index (χ2v) is 4.93. The Labute approximate surface area is 120 Å². The molecular formula is C16H23N3O. The van der Waals surface area contributed by atoms with Gasteiger partial charge in [-0.05, 0) is 19.4 Å². The van der Waals surface area contributed by atoms with Crippen LogP contribution in [0.3, 0.4) is 0 Å². The van der Waals surface area contributed by atoms with Gasteiger partial charge in [0.1, 0.15) is 0 Å². The van der Waals surface area contributed by atoms with E-state index in [0.717, 1.165) is 48.9 Å². The van der Waals surface area contributed by atoms with Crippen molar-refractivity contribution < 1.29 is 4.79 Å². The zero-order chi connectivity index (χ0) is 14.4. The number of aryl methyl sites for hydroxylation is 1. The van der Waals surface area contributed by atoms with E-state index in [1.54, 1.807) is 0 Å². The summed E-state index contributed by atoms with van der Waals surface area (Å²) in [6.45, 7) is 5.87. The molecule has 2 aromatic rings. The average Bonchev–Trinajstić information content (AvgIpc) is 2.82. The predicted molar refractivity (Wildman–Crippen MR) is 84.2 cm³/mol. The summed E-state index contributed by atoms with van der Waals surface area (Å²) in [5.41, 5.74) is 2.02. The maximum absolute atomic E-state index is 11.9. The van der Waals surface area contributed by atoms with E-state index in [2.05, 4.69) is 35.1 Å². The van der Waals surface area contributed by atoms with Gasteiger partial charge >= 0.3 is 6.03 Å². The maximum atomic E-state index is 11.9. The van der Waals surface area contributed by atoms with E-state index in [4.69, 9.17) is 0 Å². The normalized spacial score (nSPS) is 10.7. The van der Waals surface area contributed by atoms with Crippen LogP contribution in [-0.2, 0) is 6.54 Å². The minimum absolute atomic E-state index is 0.125. The van der Waals surface area contributed by atoms with Crippen LogP contribution in [0.2, 0.25) is 0 Å². The second-order valence-electron chi connectivity index (χ2n) is 4.93. The van der Waals surface area contributed by atoms with Crippen molar-refractivity contribution in [2.24, 2.45) is 0 Å². The first kappa shape index (κ1) is 14.4. The van der Waals surface area contributed by atoms with Crippen molar-refractivity contribution in [2.75, 3.05) is 11.9 Å². The molecule has 0 saturated carbocycles. The van der Waals surface area contributed by atoms with Crippen LogP contribution in [0.15, 0.2) is 30.5 Å². The molecule has 4 heteroatoms. The number of carbonyl (C=O) groups is 1. The minimum Gasteiger partial charge on any atom is -0.346 e. The summed E-state index contributed by atoms with van der Waals surface area (Å²) in [7, 11) is 0. The molecule has 108 valence electrons. The van der Waals surface area contributed by atoms with Crippen molar-refractivity contribution in [3.05, 3.63) is 30.5 Å². The van der Waals surface area contributed by atoms with Gasteiger partial charge in [0.05, 0.1) is 11.2 Å². The molecule has 0 fully saturated rings. The van der Waals surface area contributed by atoms with E-state index in [9.17, 15) is 4.79 Å². The molecule has 0 aliphatic rings. The summed E-state index contributed by atoms with van der Waals surface area (Å²) in [5.74, 6) is 0. The Morgan fingerprint density at radius 1 is 1.20 bits per heavy atom. The van der Waals surface area contributed by atoms with Crippen molar-refractivity contribution in [2.45, 2.75) is 39.7 Å². The number of hydrogen-bond acceptors (Lipinski definition) is 1. The molecule has 0 spiro atoms. The topological polar surface area (TPSA) is 46.1 Å². The molecule has 1 aromatic heterocycles. The summed E-state index contributed by atoms with van der Waals surface area (Å²) in [5, 5.41) is 6.93. The Hall–Kier alpha value is -1.97. The Bertz CT molecular complexity index is 574. The number of amides is 2. The zero-order valence-corrected chi connectivity index (χ0v) is 12.3. The highest BCUT2D eigenvalue weighted by molar-refractivity contribution is 6.01. The Morgan fingerprint density at radius 2 is 2.00 bits per heavy atom. The SMILES string of the molecule is CCCCCNC(=O)Nc1cn(CC)c2ccccc12. The number of rotatable bonds is 6. The number of para-hydroxylation sites is 1. The van der Waals surface area contributed by atoms with Crippen LogP contribution >= 0.6 is 0 Å². The van der Waals surface area contributed by atoms with Crippen molar-refractivity contribution >= 4 is 22.6 Å². The molecule has 1 heterocycles. The van der Waals surface area contributed by atoms with Gasteiger partial charge < -0.3 is 15.2 Å². The lowest BCUT2D eigenvalue weighted by molar-refractivity contribution is 0.252. The van der Waals surface area contributed by atoms with Gasteiger partial charge in [-0.15, -0.1) is 0 Å². The molecule has 0 atom stereocenters. The third kappa shape index (κ3) is 3.32. The van der Waals surface area contributed by atoms with E-state index in [0.29, 0.717) is 0 Å². The first-order valence-corrected chi connectivity index (χ1v) is 7.39. The van der Waals surface area contributed by atoms with Gasteiger partial charge in [0.2, 0.25) is 0 Å². The van der Waals surface area contributed by atoms with Gasteiger partial charge in [-0.3, -0.25) is 0 Å². The van der Waals surface area contributed by atoms with E-state index in [1.165, 1.54) is 0 Å². The third-order valence-corrected chi connectivity index (χ3v) is 3.44. The number of benzene rings is 1. The number of aromatic nitrogens is 1. The highest BCUT2D eigenvalue weighted by Crippen LogP contribution is 2.25. The highest BCUT2D eigenvalue weighted by atomic mass is 16.2. The lowest BCUT2D eigenvalue weighted by atomic mass is 10.2. The van der Waals surface area contributed by atoms with E-state index < -0.39 is 0 Å². The van der Waals surface area contributed by atoms with Crippen LogP contribution in [0, 0.1) is 0 Å². The number of anilines is 1. The first-order chi connectivity index (χ1) is 9.76. The van der Waals surface area contributed by atoms with Crippen LogP contribution in [0.25, 0.3) is 10.9 Å². The average molecular weight is 273 g/mol. The monoisotopic (exact) mass is 273 g/mol. The molecule has 2 rings (SSSR count). The molecule has 4 nitrogen and oxygen atoms in total. The summed E-state index contributed by atoms with van der Waals surface area (Å²) in [4.78, 5) is 11.9. The number of nitrogens with one attached hydrogen (secondary N) is 2. The van der Waals surface area contributed by atoms with Crippen molar-refractivity contribution in [1.82, 2.24) is 9.88 Å². The van der Waals surface area contributed by atoms with Crippen molar-refractivity contribution in [3.8, 4) is 0 Å². The number of nitrogens with zero attached hydrogens (tertiary/aromatic N) is 1. The number of urea groups is 1. The van der Waals surface area contributed by atoms with Crippen LogP contribution < -0.4 is 10.6 Å². The quantitative estimate of drug-likeness (QED) is 0.768. The van der Waals surface area contributed by atoms with Gasteiger partial charge in [0.15, 0.2) is 0 Å². The molecular weight excluding hydrogens is 250 g/mol. The summed E-state index contributed by atoms with van der Waals surface area (Å²) >= 11 is 0. The van der Waals surface area contributed by atoms with Crippen LogP contribution in [0.1, 0.15) is 33.1 Å². The van der Waals surface area contributed by atoms with Crippen molar-refractivity contribution in [1.29, 1.82) is 0 Å². The zero-order valence-electron chi connectivity index (χ0n) is 12.3. The Balaban J connectivity index is 2.04. The molecule has 0 bridgehead atoms. The predicted octanol–water partition coefficient (Wildman–Crippen LogP) is 3.97. The minimum atomic E-state index is -0.125. The lowest BCUT2D eigenvalue weighted by Gasteiger charge is -2.06. The number of hydrogen-bond donors (Lipinski definition) is 2. The summed E-state index contributed by atoms with van der Waals surface area (Å²) in [6, 6.07) is 7.99. The van der Waals surface area contributed by atoms with E-state index in [1.807, 2.05) is 24.4 Å². The summed E-state index contributed by atoms with van der Waals surface area (Å²) in [6.07, 6.45) is 5.33. The molecule has 0 aliphatic heterocycles. The molecule has 0 aliphatic carbocycles. The maximum Gasteiger partial charge on any atom is 0.319 e. The fourth-order valence-corrected chi connectivity index (χ4v) is 2.35. The van der Waals surface area contributed by atoms with Crippen LogP contribution in [-0.4, -0.2) is 17.1 Å². The van der Waals surface area contributed by atoms with E-state index in [-0.39, 0.29) is 6.03 Å². The van der Waals surface area contributed by atoms with Gasteiger partial charge in [-0.25, -0.2) is 4.79 Å². The van der Waals surface area contributed by atoms with Crippen molar-refractivity contribution in [3.63, 3.8) is 0 Å². The largest absolute Gasteiger partial charge is 0.346 e. The fourth-order valence-electron chi connectivity index (χ4n) is 2.35. The molecule has 1 aromatic carbocycles. The van der Waals surface area contributed by atoms with Crippen LogP contribution in [0.5, 0.6) is 0 Å². The van der Waals surface area contributed by atoms with Crippen LogP contribution in [0.4, 0.5) is 10.5 Å². The second kappa shape index (κ2) is 6.98. The standard InChI is InChI=1S/C16H23N3O/c1-3-5-8-11-17-16(20)18-14-12-19(4-2)15-10-7-6-9-13(14)15/h6-7,9-10,12H,3-5,8,11H2,1-2H3,(H2,17,18,20). The third-order valence-electron chi connectivity index (χ3n) is 3.44. The number of carbonyl (C=O) groups excluding carboxylic acids is 1. The molecule has 20 heavy (non-hydrogen) atoms. The van der Waals surface area contributed by atoms with Gasteiger partial charge in [0.25, 0.3) is 0 Å². The van der Waals surface area contributed by atoms with E-state index >= 15 is 0 Å². The Kier molecular flexibility index (Phi) is 5.04. The smallest absolute Gasteiger partial charge is 0.319 e. The van der Waals surface area contributed by atoms with Gasteiger partial charge in [-0.1, -0.05) is 38.0 Å². The summed E-state index contributed by atoms with van der Waals surface area (Å²) < 4.78 is 2.14.